The van der Waals surface area contributed by atoms with Gasteiger partial charge >= 0.3 is 5.97 Å². The average Bonchev–Trinajstić information content (AvgIpc) is 3.51. The molecule has 0 aliphatic carbocycles. The van der Waals surface area contributed by atoms with Crippen molar-refractivity contribution in [3.63, 3.8) is 0 Å². The van der Waals surface area contributed by atoms with Gasteiger partial charge in [-0.1, -0.05) is 34.6 Å². The molecule has 1 unspecified atom stereocenters. The van der Waals surface area contributed by atoms with Gasteiger partial charge in [0.25, 0.3) is 0 Å². The third-order valence-electron chi connectivity index (χ3n) is 8.20. The lowest BCUT2D eigenvalue weighted by atomic mass is 9.79. The zero-order valence-corrected chi connectivity index (χ0v) is 27.4. The summed E-state index contributed by atoms with van der Waals surface area (Å²) in [5, 5.41) is 20.9. The van der Waals surface area contributed by atoms with Gasteiger partial charge in [0.15, 0.2) is 5.82 Å². The molecule has 1 amide bonds. The first-order chi connectivity index (χ1) is 21.2. The van der Waals surface area contributed by atoms with Crippen LogP contribution in [0.25, 0.3) is 11.4 Å². The molecule has 2 N–H and O–H groups in total. The maximum Gasteiger partial charge on any atom is 0.329 e. The number of aliphatic imine (C=N–C) groups is 1. The number of nitrogens with zero attached hydrogens (tertiary/aromatic N) is 6. The molecule has 11 nitrogen and oxygen atoms in total. The van der Waals surface area contributed by atoms with Crippen LogP contribution in [0.4, 0.5) is 17.1 Å². The van der Waals surface area contributed by atoms with Crippen molar-refractivity contribution in [2.75, 3.05) is 30.0 Å². The van der Waals surface area contributed by atoms with Gasteiger partial charge in [0.1, 0.15) is 18.9 Å². The summed E-state index contributed by atoms with van der Waals surface area (Å²) in [7, 11) is 0. The Bertz CT molecular complexity index is 1680. The first-order valence-electron chi connectivity index (χ1n) is 15.5. The Balaban J connectivity index is 1.46. The summed E-state index contributed by atoms with van der Waals surface area (Å²) in [4.78, 5) is 36.9. The van der Waals surface area contributed by atoms with Gasteiger partial charge in [-0.25, -0.2) is 14.8 Å². The summed E-state index contributed by atoms with van der Waals surface area (Å²) in [6.45, 7) is 17.8. The first-order valence-corrected chi connectivity index (χ1v) is 15.5. The molecule has 2 aromatic carbocycles. The number of hydrogen-bond donors (Lipinski definition) is 2. The molecule has 238 valence electrons. The van der Waals surface area contributed by atoms with Crippen molar-refractivity contribution >= 4 is 40.4 Å². The van der Waals surface area contributed by atoms with Gasteiger partial charge in [-0.2, -0.15) is 5.10 Å². The van der Waals surface area contributed by atoms with Gasteiger partial charge in [0.05, 0.1) is 11.4 Å². The number of aryl methyl sites for hydroxylation is 1. The number of rotatable bonds is 9. The summed E-state index contributed by atoms with van der Waals surface area (Å²) >= 11 is 0. The molecular weight excluding hydrogens is 570 g/mol. The molecule has 2 aliphatic rings. The third kappa shape index (κ3) is 6.68. The number of benzene rings is 2. The lowest BCUT2D eigenvalue weighted by molar-refractivity contribution is -0.143. The van der Waals surface area contributed by atoms with Crippen LogP contribution in [0, 0.1) is 12.3 Å². The molecule has 0 saturated heterocycles. The SMILES string of the molecule is CCCN1c2cc(C)c(N=C3C(C(C)(C)C)=Nn4nc(-c5ccc(NC(=O)COCC(=O)O)cc5)nc43)cc2C(C)CC1(C)C. The zero-order valence-electron chi connectivity index (χ0n) is 27.4. The van der Waals surface area contributed by atoms with Crippen molar-refractivity contribution in [3.05, 3.63) is 53.3 Å². The van der Waals surface area contributed by atoms with E-state index in [1.807, 2.05) is 12.1 Å². The van der Waals surface area contributed by atoms with E-state index in [9.17, 15) is 9.59 Å². The monoisotopic (exact) mass is 613 g/mol. The van der Waals surface area contributed by atoms with Gasteiger partial charge in [0, 0.05) is 34.4 Å². The Morgan fingerprint density at radius 3 is 2.51 bits per heavy atom. The highest BCUT2D eigenvalue weighted by Crippen LogP contribution is 2.46. The Morgan fingerprint density at radius 2 is 1.87 bits per heavy atom. The molecule has 45 heavy (non-hydrogen) atoms. The van der Waals surface area contributed by atoms with Crippen LogP contribution in [0.5, 0.6) is 0 Å². The molecule has 5 rings (SSSR count). The van der Waals surface area contributed by atoms with Crippen molar-refractivity contribution in [2.45, 2.75) is 79.7 Å². The van der Waals surface area contributed by atoms with Gasteiger partial charge < -0.3 is 20.1 Å². The maximum absolute atomic E-state index is 12.0. The number of amides is 1. The standard InChI is InChI=1S/C34H43N7O4/c1-9-14-40-26-15-20(2)25(16-24(26)21(3)17-34(40,7)8)36-29-30(33(4,5)6)38-41-32(29)37-31(39-41)22-10-12-23(13-11-22)35-27(42)18-45-19-28(43)44/h10-13,15-16,21H,9,14,17-19H2,1-8H3,(H,35,42)(H,43,44). The summed E-state index contributed by atoms with van der Waals surface area (Å²) in [5.41, 5.74) is 7.27. The number of carboxylic acid groups (broad SMARTS) is 1. The summed E-state index contributed by atoms with van der Waals surface area (Å²) in [6.07, 6.45) is 2.16. The topological polar surface area (TPSA) is 134 Å². The molecule has 0 spiro atoms. The summed E-state index contributed by atoms with van der Waals surface area (Å²) in [6, 6.07) is 11.6. The van der Waals surface area contributed by atoms with Gasteiger partial charge in [-0.05, 0) is 87.1 Å². The van der Waals surface area contributed by atoms with E-state index in [-0.39, 0.29) is 17.6 Å². The maximum atomic E-state index is 12.0. The molecule has 1 atom stereocenters. The van der Waals surface area contributed by atoms with E-state index >= 15 is 0 Å². The molecule has 3 heterocycles. The number of carbonyl (C=O) groups is 2. The number of hydrogen-bond acceptors (Lipinski definition) is 8. The van der Waals surface area contributed by atoms with Gasteiger partial charge in [-0.15, -0.1) is 9.89 Å². The van der Waals surface area contributed by atoms with Crippen molar-refractivity contribution in [1.82, 2.24) is 14.9 Å². The van der Waals surface area contributed by atoms with E-state index < -0.39 is 18.5 Å². The molecule has 0 saturated carbocycles. The van der Waals surface area contributed by atoms with Gasteiger partial charge in [0.2, 0.25) is 11.7 Å². The lowest BCUT2D eigenvalue weighted by Crippen LogP contribution is -2.48. The normalized spacial score (nSPS) is 18.0. The zero-order chi connectivity index (χ0) is 32.7. The Morgan fingerprint density at radius 1 is 1.16 bits per heavy atom. The van der Waals surface area contributed by atoms with Crippen molar-refractivity contribution in [3.8, 4) is 11.4 Å². The second-order valence-electron chi connectivity index (χ2n) is 13.6. The second-order valence-corrected chi connectivity index (χ2v) is 13.6. The number of aromatic nitrogens is 3. The number of ether oxygens (including phenoxy) is 1. The highest BCUT2D eigenvalue weighted by molar-refractivity contribution is 6.50. The minimum atomic E-state index is -1.13. The van der Waals surface area contributed by atoms with Crippen molar-refractivity contribution < 1.29 is 19.4 Å². The Kier molecular flexibility index (Phi) is 8.68. The van der Waals surface area contributed by atoms with Crippen LogP contribution in [0.15, 0.2) is 46.5 Å². The number of carbonyl (C=O) groups excluding carboxylic acids is 1. The summed E-state index contributed by atoms with van der Waals surface area (Å²) < 4.78 is 4.84. The number of fused-ring (bicyclic) bond motifs is 2. The molecule has 11 heteroatoms. The lowest BCUT2D eigenvalue weighted by Gasteiger charge is -2.48. The average molecular weight is 614 g/mol. The highest BCUT2D eigenvalue weighted by atomic mass is 16.5. The first kappa shape index (κ1) is 32.0. The van der Waals surface area contributed by atoms with E-state index in [2.05, 4.69) is 82.8 Å². The van der Waals surface area contributed by atoms with Crippen molar-refractivity contribution in [1.29, 1.82) is 0 Å². The number of aliphatic carboxylic acids is 1. The number of carboxylic acids is 1. The number of nitrogens with one attached hydrogen (secondary N) is 1. The van der Waals surface area contributed by atoms with Crippen LogP contribution in [0.1, 0.15) is 84.2 Å². The quantitative estimate of drug-likeness (QED) is 0.294. The predicted molar refractivity (Wildman–Crippen MR) is 177 cm³/mol. The highest BCUT2D eigenvalue weighted by Gasteiger charge is 2.38. The third-order valence-corrected chi connectivity index (χ3v) is 8.20. The molecule has 0 radical (unpaired) electrons. The minimum Gasteiger partial charge on any atom is -0.480 e. The Labute approximate surface area is 264 Å². The molecular formula is C34H43N7O4. The number of anilines is 2. The minimum absolute atomic E-state index is 0.0900. The van der Waals surface area contributed by atoms with E-state index in [4.69, 9.17) is 24.9 Å². The van der Waals surface area contributed by atoms with E-state index in [0.29, 0.717) is 29.0 Å². The fourth-order valence-corrected chi connectivity index (χ4v) is 6.14. The van der Waals surface area contributed by atoms with E-state index in [1.54, 1.807) is 16.9 Å². The molecule has 0 fully saturated rings. The van der Waals surface area contributed by atoms with Crippen LogP contribution >= 0.6 is 0 Å². The smallest absolute Gasteiger partial charge is 0.329 e. The van der Waals surface area contributed by atoms with E-state index in [0.717, 1.165) is 41.9 Å². The van der Waals surface area contributed by atoms with Crippen LogP contribution in [-0.2, 0) is 14.3 Å². The fraction of sp³-hybridized carbons (Fsp3) is 0.471. The molecule has 1 aromatic heterocycles. The predicted octanol–water partition coefficient (Wildman–Crippen LogP) is 6.18. The fourth-order valence-electron chi connectivity index (χ4n) is 6.14. The Hall–Kier alpha value is -4.38. The van der Waals surface area contributed by atoms with Crippen LogP contribution in [-0.4, -0.2) is 68.6 Å². The van der Waals surface area contributed by atoms with Gasteiger partial charge in [-0.3, -0.25) is 4.79 Å². The summed E-state index contributed by atoms with van der Waals surface area (Å²) in [5.74, 6) is -0.0925. The molecule has 3 aromatic rings. The van der Waals surface area contributed by atoms with Crippen molar-refractivity contribution in [2.24, 2.45) is 15.5 Å². The van der Waals surface area contributed by atoms with Crippen LogP contribution in [0.3, 0.4) is 0 Å². The molecule has 0 bridgehead atoms. The van der Waals surface area contributed by atoms with Crippen LogP contribution < -0.4 is 10.2 Å². The van der Waals surface area contributed by atoms with Crippen LogP contribution in [0.2, 0.25) is 0 Å². The second kappa shape index (κ2) is 12.2. The largest absolute Gasteiger partial charge is 0.480 e. The molecule has 2 aliphatic heterocycles. The van der Waals surface area contributed by atoms with E-state index in [1.165, 1.54) is 11.3 Å².